The molecule has 0 aliphatic carbocycles. The van der Waals surface area contributed by atoms with E-state index in [0.29, 0.717) is 12.4 Å². The molecule has 1 unspecified atom stereocenters. The summed E-state index contributed by atoms with van der Waals surface area (Å²) in [5, 5.41) is 14.1. The minimum atomic E-state index is -0.407. The number of nitrogens with zero attached hydrogens (tertiary/aromatic N) is 2. The number of rotatable bonds is 5. The molecule has 1 heterocycles. The molecule has 20 heavy (non-hydrogen) atoms. The minimum Gasteiger partial charge on any atom is -0.364 e. The van der Waals surface area contributed by atoms with E-state index in [9.17, 15) is 10.1 Å². The van der Waals surface area contributed by atoms with Crippen LogP contribution in [0.25, 0.3) is 0 Å². The van der Waals surface area contributed by atoms with Crippen LogP contribution < -0.4 is 5.32 Å². The molecule has 0 aliphatic rings. The first-order valence-electron chi connectivity index (χ1n) is 6.48. The second-order valence-electron chi connectivity index (χ2n) is 4.83. The van der Waals surface area contributed by atoms with Crippen LogP contribution in [0, 0.1) is 17.0 Å². The van der Waals surface area contributed by atoms with E-state index in [0.717, 1.165) is 5.56 Å². The summed E-state index contributed by atoms with van der Waals surface area (Å²) in [6.07, 6.45) is 1.63. The van der Waals surface area contributed by atoms with Crippen LogP contribution in [-0.4, -0.2) is 16.5 Å². The molecule has 0 bridgehead atoms. The molecule has 0 spiro atoms. The molecule has 1 N–H and O–H groups in total. The molecule has 1 aromatic heterocycles. The van der Waals surface area contributed by atoms with Crippen LogP contribution >= 0.6 is 0 Å². The Labute approximate surface area is 117 Å². The molecule has 104 valence electrons. The molecule has 2 rings (SSSR count). The number of benzene rings is 1. The van der Waals surface area contributed by atoms with Crippen LogP contribution in [-0.2, 0) is 0 Å². The maximum Gasteiger partial charge on any atom is 0.311 e. The van der Waals surface area contributed by atoms with E-state index >= 15 is 0 Å². The number of nitrogens with one attached hydrogen (secondary N) is 1. The zero-order valence-corrected chi connectivity index (χ0v) is 11.5. The highest BCUT2D eigenvalue weighted by Gasteiger charge is 2.16. The van der Waals surface area contributed by atoms with Gasteiger partial charge in [0.25, 0.3) is 0 Å². The Morgan fingerprint density at radius 2 is 2.05 bits per heavy atom. The van der Waals surface area contributed by atoms with Gasteiger partial charge in [0.05, 0.1) is 4.92 Å². The van der Waals surface area contributed by atoms with E-state index < -0.39 is 4.92 Å². The average molecular weight is 271 g/mol. The lowest BCUT2D eigenvalue weighted by Crippen LogP contribution is -2.12. The van der Waals surface area contributed by atoms with Crippen molar-refractivity contribution >= 4 is 11.5 Å². The monoisotopic (exact) mass is 271 g/mol. The SMILES string of the molecule is Cc1cnc(NCC(C)c2ccccc2)c([N+](=O)[O-])c1. The predicted octanol–water partition coefficient (Wildman–Crippen LogP) is 3.51. The van der Waals surface area contributed by atoms with E-state index in [1.54, 1.807) is 13.1 Å². The molecule has 1 atom stereocenters. The Kier molecular flexibility index (Phi) is 4.30. The number of aryl methyl sites for hydroxylation is 1. The normalized spacial score (nSPS) is 11.9. The Hall–Kier alpha value is -2.43. The summed E-state index contributed by atoms with van der Waals surface area (Å²) >= 11 is 0. The Morgan fingerprint density at radius 1 is 1.35 bits per heavy atom. The van der Waals surface area contributed by atoms with Crippen molar-refractivity contribution in [3.63, 3.8) is 0 Å². The van der Waals surface area contributed by atoms with Gasteiger partial charge in [0, 0.05) is 18.8 Å². The van der Waals surface area contributed by atoms with Gasteiger partial charge in [0.1, 0.15) is 0 Å². The number of aromatic nitrogens is 1. The van der Waals surface area contributed by atoms with Gasteiger partial charge in [-0.05, 0) is 24.0 Å². The van der Waals surface area contributed by atoms with Crippen molar-refractivity contribution in [3.8, 4) is 0 Å². The van der Waals surface area contributed by atoms with Crippen LogP contribution in [0.1, 0.15) is 24.0 Å². The summed E-state index contributed by atoms with van der Waals surface area (Å²) in [4.78, 5) is 14.7. The molecule has 0 fully saturated rings. The second-order valence-corrected chi connectivity index (χ2v) is 4.83. The Bertz CT molecular complexity index is 599. The summed E-state index contributed by atoms with van der Waals surface area (Å²) in [5.74, 6) is 0.572. The van der Waals surface area contributed by atoms with Gasteiger partial charge in [-0.2, -0.15) is 0 Å². The van der Waals surface area contributed by atoms with Crippen LogP contribution in [0.3, 0.4) is 0 Å². The van der Waals surface area contributed by atoms with Gasteiger partial charge in [-0.3, -0.25) is 10.1 Å². The highest BCUT2D eigenvalue weighted by Crippen LogP contribution is 2.23. The molecule has 1 aromatic carbocycles. The van der Waals surface area contributed by atoms with E-state index in [4.69, 9.17) is 0 Å². The number of hydrogen-bond donors (Lipinski definition) is 1. The van der Waals surface area contributed by atoms with Crippen molar-refractivity contribution in [2.45, 2.75) is 19.8 Å². The third-order valence-corrected chi connectivity index (χ3v) is 3.15. The molecule has 0 saturated heterocycles. The molecular formula is C15H17N3O2. The fraction of sp³-hybridized carbons (Fsp3) is 0.267. The second kappa shape index (κ2) is 6.14. The highest BCUT2D eigenvalue weighted by atomic mass is 16.6. The molecule has 0 aliphatic heterocycles. The van der Waals surface area contributed by atoms with Crippen molar-refractivity contribution in [3.05, 3.63) is 63.8 Å². The standard InChI is InChI=1S/C15H17N3O2/c1-11-8-14(18(19)20)15(16-9-11)17-10-12(2)13-6-4-3-5-7-13/h3-9,12H,10H2,1-2H3,(H,16,17). The zero-order valence-electron chi connectivity index (χ0n) is 11.5. The molecule has 0 amide bonds. The number of pyridine rings is 1. The summed E-state index contributed by atoms with van der Waals surface area (Å²) < 4.78 is 0. The minimum absolute atomic E-state index is 0.0188. The van der Waals surface area contributed by atoms with Gasteiger partial charge in [-0.25, -0.2) is 4.98 Å². The van der Waals surface area contributed by atoms with Crippen molar-refractivity contribution in [2.75, 3.05) is 11.9 Å². The van der Waals surface area contributed by atoms with Crippen LogP contribution in [0.5, 0.6) is 0 Å². The van der Waals surface area contributed by atoms with Crippen molar-refractivity contribution in [1.82, 2.24) is 4.98 Å². The maximum atomic E-state index is 11.0. The van der Waals surface area contributed by atoms with Crippen molar-refractivity contribution < 1.29 is 4.92 Å². The molecule has 2 aromatic rings. The lowest BCUT2D eigenvalue weighted by molar-refractivity contribution is -0.384. The first kappa shape index (κ1) is 14.0. The van der Waals surface area contributed by atoms with Crippen molar-refractivity contribution in [1.29, 1.82) is 0 Å². The predicted molar refractivity (Wildman–Crippen MR) is 79.0 cm³/mol. The number of hydrogen-bond acceptors (Lipinski definition) is 4. The first-order valence-corrected chi connectivity index (χ1v) is 6.48. The average Bonchev–Trinajstić information content (AvgIpc) is 2.46. The summed E-state index contributed by atoms with van der Waals surface area (Å²) in [7, 11) is 0. The largest absolute Gasteiger partial charge is 0.364 e. The van der Waals surface area contributed by atoms with Gasteiger partial charge in [0.2, 0.25) is 5.82 Å². The van der Waals surface area contributed by atoms with Gasteiger partial charge in [0.15, 0.2) is 0 Å². The van der Waals surface area contributed by atoms with Crippen LogP contribution in [0.15, 0.2) is 42.6 Å². The van der Waals surface area contributed by atoms with Gasteiger partial charge >= 0.3 is 5.69 Å². The molecule has 0 saturated carbocycles. The van der Waals surface area contributed by atoms with E-state index in [1.165, 1.54) is 11.6 Å². The number of nitro groups is 1. The first-order chi connectivity index (χ1) is 9.58. The van der Waals surface area contributed by atoms with E-state index in [-0.39, 0.29) is 11.6 Å². The fourth-order valence-corrected chi connectivity index (χ4v) is 1.98. The molecule has 5 heteroatoms. The summed E-state index contributed by atoms with van der Waals surface area (Å²) in [6, 6.07) is 11.6. The van der Waals surface area contributed by atoms with Crippen LogP contribution in [0.2, 0.25) is 0 Å². The van der Waals surface area contributed by atoms with Gasteiger partial charge in [-0.15, -0.1) is 0 Å². The van der Waals surface area contributed by atoms with Crippen molar-refractivity contribution in [2.24, 2.45) is 0 Å². The topological polar surface area (TPSA) is 68.1 Å². The summed E-state index contributed by atoms with van der Waals surface area (Å²) in [5.41, 5.74) is 1.98. The Balaban J connectivity index is 2.09. The zero-order chi connectivity index (χ0) is 14.5. The third kappa shape index (κ3) is 3.32. The van der Waals surface area contributed by atoms with Crippen LogP contribution in [0.4, 0.5) is 11.5 Å². The lowest BCUT2D eigenvalue weighted by atomic mass is 10.0. The maximum absolute atomic E-state index is 11.0. The molecule has 5 nitrogen and oxygen atoms in total. The lowest BCUT2D eigenvalue weighted by Gasteiger charge is -2.13. The summed E-state index contributed by atoms with van der Waals surface area (Å²) in [6.45, 7) is 4.46. The third-order valence-electron chi connectivity index (χ3n) is 3.15. The molecular weight excluding hydrogens is 254 g/mol. The quantitative estimate of drug-likeness (QED) is 0.667. The molecule has 0 radical (unpaired) electrons. The van der Waals surface area contributed by atoms with E-state index in [1.807, 2.05) is 30.3 Å². The van der Waals surface area contributed by atoms with Gasteiger partial charge < -0.3 is 5.32 Å². The van der Waals surface area contributed by atoms with E-state index in [2.05, 4.69) is 17.2 Å². The smallest absolute Gasteiger partial charge is 0.311 e. The van der Waals surface area contributed by atoms with Gasteiger partial charge in [-0.1, -0.05) is 37.3 Å². The number of anilines is 1. The fourth-order valence-electron chi connectivity index (χ4n) is 1.98. The Morgan fingerprint density at radius 3 is 2.70 bits per heavy atom. The highest BCUT2D eigenvalue weighted by molar-refractivity contribution is 5.56.